The molecule has 0 aromatic heterocycles. The number of hydrogen-bond donors (Lipinski definition) is 1. The Balaban J connectivity index is 0. The maximum absolute atomic E-state index is 8.30. The molecule has 158 valence electrons. The minimum atomic E-state index is -0.305. The van der Waals surface area contributed by atoms with Gasteiger partial charge in [-0.2, -0.15) is 0 Å². The fraction of sp³-hybridized carbons (Fsp3) is 0.364. The molecule has 1 N–H and O–H groups in total. The Kier molecular flexibility index (Phi) is 24.5. The van der Waals surface area contributed by atoms with E-state index in [1.54, 1.807) is 60.0 Å². The predicted molar refractivity (Wildman–Crippen MR) is 114 cm³/mol. The van der Waals surface area contributed by atoms with Crippen molar-refractivity contribution >= 4 is 0 Å². The highest BCUT2D eigenvalue weighted by Gasteiger charge is 1.99. The maximum Gasteiger partial charge on any atom is 0.176 e. The van der Waals surface area contributed by atoms with E-state index in [9.17, 15) is 0 Å². The number of methoxy groups -OCH3 is 5. The van der Waals surface area contributed by atoms with Crippen LogP contribution in [0.3, 0.4) is 0 Å². The van der Waals surface area contributed by atoms with Crippen LogP contribution in [-0.2, 0) is 23.7 Å². The van der Waals surface area contributed by atoms with Gasteiger partial charge in [0.2, 0.25) is 0 Å². The molecule has 0 aliphatic carbocycles. The lowest BCUT2D eigenvalue weighted by molar-refractivity contribution is -0.0986. The van der Waals surface area contributed by atoms with Crippen LogP contribution in [0.1, 0.15) is 6.42 Å². The van der Waals surface area contributed by atoms with Crippen molar-refractivity contribution in [2.75, 3.05) is 35.5 Å². The zero-order valence-electron chi connectivity index (χ0n) is 17.4. The van der Waals surface area contributed by atoms with Gasteiger partial charge in [-0.25, -0.2) is 0 Å². The average Bonchev–Trinajstić information content (AvgIpc) is 2.73. The Bertz CT molecular complexity index is 507. The minimum absolute atomic E-state index is 0.158. The molecule has 0 aromatic rings. The van der Waals surface area contributed by atoms with E-state index in [1.165, 1.54) is 6.08 Å². The number of aliphatic hydroxyl groups is 1. The first kappa shape index (κ1) is 27.8. The van der Waals surface area contributed by atoms with Gasteiger partial charge in [0.15, 0.2) is 12.6 Å². The first-order valence-corrected chi connectivity index (χ1v) is 8.63. The van der Waals surface area contributed by atoms with Crippen molar-refractivity contribution in [1.82, 2.24) is 0 Å². The van der Waals surface area contributed by atoms with Gasteiger partial charge in [-0.15, -0.1) is 0 Å². The summed E-state index contributed by atoms with van der Waals surface area (Å²) < 4.78 is 24.6. The number of ether oxygens (including phenoxy) is 5. The van der Waals surface area contributed by atoms with Gasteiger partial charge in [-0.3, -0.25) is 0 Å². The van der Waals surface area contributed by atoms with Crippen LogP contribution in [0.15, 0.2) is 85.4 Å². The minimum Gasteiger partial charge on any atom is -0.516 e. The summed E-state index contributed by atoms with van der Waals surface area (Å²) in [6.07, 6.45) is 24.7. The van der Waals surface area contributed by atoms with Crippen molar-refractivity contribution < 1.29 is 28.8 Å². The van der Waals surface area contributed by atoms with Gasteiger partial charge in [0.05, 0.1) is 19.6 Å². The molecule has 6 heteroatoms. The molecule has 0 spiro atoms. The van der Waals surface area contributed by atoms with E-state index < -0.39 is 0 Å². The van der Waals surface area contributed by atoms with Crippen molar-refractivity contribution in [2.45, 2.75) is 19.0 Å². The molecule has 0 heterocycles. The van der Waals surface area contributed by atoms with Gasteiger partial charge in [0, 0.05) is 34.9 Å². The Hall–Kier alpha value is -2.38. The Morgan fingerprint density at radius 1 is 0.643 bits per heavy atom. The zero-order chi connectivity index (χ0) is 21.3. The summed E-state index contributed by atoms with van der Waals surface area (Å²) in [4.78, 5) is 0. The van der Waals surface area contributed by atoms with E-state index in [1.807, 2.05) is 48.6 Å². The van der Waals surface area contributed by atoms with Gasteiger partial charge in [0.25, 0.3) is 0 Å². The lowest BCUT2D eigenvalue weighted by Crippen LogP contribution is -2.10. The normalized spacial score (nSPS) is 13.0. The van der Waals surface area contributed by atoms with Crippen molar-refractivity contribution in [1.29, 1.82) is 0 Å². The second-order valence-electron chi connectivity index (χ2n) is 4.85. The van der Waals surface area contributed by atoms with Crippen LogP contribution in [0.25, 0.3) is 0 Å². The largest absolute Gasteiger partial charge is 0.516 e. The second-order valence-corrected chi connectivity index (χ2v) is 4.85. The SMILES string of the molecule is COC(C=CC=CC=CC=CO)OC.COC=CC=CC=CCC(OC)OC. The molecular formula is C22H34O6. The lowest BCUT2D eigenvalue weighted by Gasteiger charge is -2.09. The Labute approximate surface area is 169 Å². The summed E-state index contributed by atoms with van der Waals surface area (Å²) >= 11 is 0. The molecule has 0 aliphatic rings. The van der Waals surface area contributed by atoms with Crippen LogP contribution in [0.2, 0.25) is 0 Å². The van der Waals surface area contributed by atoms with Crippen LogP contribution >= 0.6 is 0 Å². The molecule has 0 radical (unpaired) electrons. The van der Waals surface area contributed by atoms with Crippen molar-refractivity contribution in [3.8, 4) is 0 Å². The summed E-state index contributed by atoms with van der Waals surface area (Å²) in [5.74, 6) is 0. The third-order valence-electron chi connectivity index (χ3n) is 2.91. The topological polar surface area (TPSA) is 66.4 Å². The van der Waals surface area contributed by atoms with Gasteiger partial charge >= 0.3 is 0 Å². The van der Waals surface area contributed by atoms with E-state index in [4.69, 9.17) is 28.8 Å². The molecule has 0 atom stereocenters. The third kappa shape index (κ3) is 21.7. The molecule has 0 aliphatic heterocycles. The van der Waals surface area contributed by atoms with Crippen LogP contribution in [0.4, 0.5) is 0 Å². The van der Waals surface area contributed by atoms with E-state index >= 15 is 0 Å². The molecule has 0 saturated heterocycles. The fourth-order valence-corrected chi connectivity index (χ4v) is 1.52. The molecule has 0 unspecified atom stereocenters. The summed E-state index contributed by atoms with van der Waals surface area (Å²) in [7, 11) is 8.02. The average molecular weight is 395 g/mol. The quantitative estimate of drug-likeness (QED) is 0.279. The Morgan fingerprint density at radius 3 is 1.71 bits per heavy atom. The molecule has 6 nitrogen and oxygen atoms in total. The molecule has 0 fully saturated rings. The summed E-state index contributed by atoms with van der Waals surface area (Å²) in [6.45, 7) is 0. The molecular weight excluding hydrogens is 360 g/mol. The summed E-state index contributed by atoms with van der Waals surface area (Å²) in [5, 5.41) is 8.30. The van der Waals surface area contributed by atoms with Crippen molar-refractivity contribution in [3.05, 3.63) is 85.4 Å². The third-order valence-corrected chi connectivity index (χ3v) is 2.91. The first-order chi connectivity index (χ1) is 13.7. The van der Waals surface area contributed by atoms with Crippen LogP contribution in [0, 0.1) is 0 Å². The highest BCUT2D eigenvalue weighted by molar-refractivity contribution is 5.15. The number of allylic oxidation sites excluding steroid dienone is 10. The number of hydrogen-bond acceptors (Lipinski definition) is 6. The molecule has 0 aromatic carbocycles. The van der Waals surface area contributed by atoms with E-state index in [-0.39, 0.29) is 12.6 Å². The van der Waals surface area contributed by atoms with Gasteiger partial charge in [-0.1, -0.05) is 54.7 Å². The fourth-order valence-electron chi connectivity index (χ4n) is 1.52. The molecule has 0 amide bonds. The molecule has 0 rings (SSSR count). The van der Waals surface area contributed by atoms with E-state index in [0.717, 1.165) is 12.7 Å². The van der Waals surface area contributed by atoms with Gasteiger partial charge in [-0.05, 0) is 18.2 Å². The molecule has 0 saturated carbocycles. The summed E-state index contributed by atoms with van der Waals surface area (Å²) in [5.41, 5.74) is 0. The van der Waals surface area contributed by atoms with Crippen LogP contribution < -0.4 is 0 Å². The van der Waals surface area contributed by atoms with Crippen molar-refractivity contribution in [2.24, 2.45) is 0 Å². The maximum atomic E-state index is 8.30. The smallest absolute Gasteiger partial charge is 0.176 e. The number of aliphatic hydroxyl groups excluding tert-OH is 1. The Morgan fingerprint density at radius 2 is 1.18 bits per heavy atom. The number of rotatable bonds is 13. The van der Waals surface area contributed by atoms with Gasteiger partial charge < -0.3 is 28.8 Å². The van der Waals surface area contributed by atoms with Crippen molar-refractivity contribution in [3.63, 3.8) is 0 Å². The first-order valence-electron chi connectivity index (χ1n) is 8.63. The zero-order valence-corrected chi connectivity index (χ0v) is 17.4. The van der Waals surface area contributed by atoms with Crippen LogP contribution in [0.5, 0.6) is 0 Å². The lowest BCUT2D eigenvalue weighted by atomic mass is 10.3. The monoisotopic (exact) mass is 394 g/mol. The van der Waals surface area contributed by atoms with E-state index in [2.05, 4.69) is 0 Å². The summed E-state index contributed by atoms with van der Waals surface area (Å²) in [6, 6.07) is 0. The second kappa shape index (κ2) is 24.6. The standard InChI is InChI=1S/C11H18O3.C11H16O3/c1-12-10-8-6-4-5-7-9-11(13-2)14-3;1-13-11(14-2)9-7-5-3-4-6-8-10-12/h4-8,10-11H,9H2,1-3H3;3-12H,1-2H3. The molecule has 0 bridgehead atoms. The highest BCUT2D eigenvalue weighted by atomic mass is 16.7. The molecule has 28 heavy (non-hydrogen) atoms. The van der Waals surface area contributed by atoms with Gasteiger partial charge in [0.1, 0.15) is 0 Å². The van der Waals surface area contributed by atoms with Crippen LogP contribution in [-0.4, -0.2) is 53.2 Å². The van der Waals surface area contributed by atoms with E-state index in [0.29, 0.717) is 0 Å². The highest BCUT2D eigenvalue weighted by Crippen LogP contribution is 1.98. The predicted octanol–water partition coefficient (Wildman–Crippen LogP) is 4.61.